The summed E-state index contributed by atoms with van der Waals surface area (Å²) < 4.78 is 5.30. The van der Waals surface area contributed by atoms with E-state index in [1.807, 2.05) is 68.4 Å². The van der Waals surface area contributed by atoms with Gasteiger partial charge in [-0.25, -0.2) is 0 Å². The van der Waals surface area contributed by atoms with Crippen LogP contribution in [0.15, 0.2) is 59.1 Å². The molecule has 0 spiro atoms. The van der Waals surface area contributed by atoms with E-state index in [9.17, 15) is 4.79 Å². The van der Waals surface area contributed by atoms with Crippen molar-refractivity contribution in [3.05, 3.63) is 71.6 Å². The van der Waals surface area contributed by atoms with Gasteiger partial charge in [0, 0.05) is 12.0 Å². The molecule has 3 aromatic rings. The topological polar surface area (TPSA) is 68.0 Å². The molecule has 0 aliphatic rings. The summed E-state index contributed by atoms with van der Waals surface area (Å²) in [4.78, 5) is 16.5. The van der Waals surface area contributed by atoms with E-state index < -0.39 is 0 Å². The molecule has 2 aromatic carbocycles. The first kappa shape index (κ1) is 16.9. The number of rotatable bonds is 6. The summed E-state index contributed by atoms with van der Waals surface area (Å²) in [6, 6.07) is 17.5. The maximum absolute atomic E-state index is 12.1. The molecule has 0 fully saturated rings. The minimum atomic E-state index is -0.324. The summed E-state index contributed by atoms with van der Waals surface area (Å²) in [5, 5.41) is 6.91. The van der Waals surface area contributed by atoms with Gasteiger partial charge in [0.15, 0.2) is 0 Å². The van der Waals surface area contributed by atoms with E-state index in [1.54, 1.807) is 0 Å². The second kappa shape index (κ2) is 7.75. The number of aryl methyl sites for hydroxylation is 2. The van der Waals surface area contributed by atoms with Gasteiger partial charge in [-0.3, -0.25) is 4.79 Å². The molecule has 1 aromatic heterocycles. The molecule has 0 aliphatic heterocycles. The van der Waals surface area contributed by atoms with Gasteiger partial charge in [0.05, 0.1) is 0 Å². The van der Waals surface area contributed by atoms with Gasteiger partial charge in [-0.2, -0.15) is 4.98 Å². The number of hydrogen-bond acceptors (Lipinski definition) is 4. The molecule has 0 bridgehead atoms. The van der Waals surface area contributed by atoms with Gasteiger partial charge in [0.25, 0.3) is 0 Å². The van der Waals surface area contributed by atoms with Crippen molar-refractivity contribution in [3.63, 3.8) is 0 Å². The fourth-order valence-corrected chi connectivity index (χ4v) is 2.51. The van der Waals surface area contributed by atoms with Crippen LogP contribution >= 0.6 is 0 Å². The zero-order valence-corrected chi connectivity index (χ0v) is 14.4. The summed E-state index contributed by atoms with van der Waals surface area (Å²) in [7, 11) is 0. The van der Waals surface area contributed by atoms with Crippen LogP contribution in [0, 0.1) is 6.92 Å². The molecule has 3 rings (SSSR count). The Balaban J connectivity index is 1.57. The number of benzene rings is 2. The van der Waals surface area contributed by atoms with E-state index in [2.05, 4.69) is 15.5 Å². The van der Waals surface area contributed by atoms with Gasteiger partial charge in [0.2, 0.25) is 17.6 Å². The predicted molar refractivity (Wildman–Crippen MR) is 95.8 cm³/mol. The largest absolute Gasteiger partial charge is 0.345 e. The average molecular weight is 335 g/mol. The fraction of sp³-hybridized carbons (Fsp3) is 0.250. The molecule has 5 heteroatoms. The van der Waals surface area contributed by atoms with Crippen LogP contribution in [0.2, 0.25) is 0 Å². The van der Waals surface area contributed by atoms with Crippen LogP contribution < -0.4 is 5.32 Å². The van der Waals surface area contributed by atoms with Crippen molar-refractivity contribution in [2.24, 2.45) is 0 Å². The number of nitrogens with one attached hydrogen (secondary N) is 1. The third-order valence-corrected chi connectivity index (χ3v) is 3.98. The monoisotopic (exact) mass is 335 g/mol. The average Bonchev–Trinajstić information content (AvgIpc) is 3.12. The number of carbonyl (C=O) groups excluding carboxylic acids is 1. The maximum atomic E-state index is 12.1. The Labute approximate surface area is 147 Å². The summed E-state index contributed by atoms with van der Waals surface area (Å²) in [6.45, 7) is 3.87. The van der Waals surface area contributed by atoms with Crippen molar-refractivity contribution in [1.82, 2.24) is 15.5 Å². The van der Waals surface area contributed by atoms with Crippen LogP contribution in [0.1, 0.15) is 36.4 Å². The standard InChI is InChI=1S/C20H21N3O2/c1-14-8-11-17(12-9-14)19-22-20(25-23-19)15(2)21-18(24)13-10-16-6-4-3-5-7-16/h3-9,11-12,15H,10,13H2,1-2H3,(H,21,24)/t15-/m1/s1. The van der Waals surface area contributed by atoms with Crippen molar-refractivity contribution >= 4 is 5.91 Å². The van der Waals surface area contributed by atoms with Gasteiger partial charge >= 0.3 is 0 Å². The summed E-state index contributed by atoms with van der Waals surface area (Å²) >= 11 is 0. The van der Waals surface area contributed by atoms with Crippen LogP contribution in [-0.2, 0) is 11.2 Å². The molecule has 1 N–H and O–H groups in total. The molecule has 1 amide bonds. The lowest BCUT2D eigenvalue weighted by molar-refractivity contribution is -0.121. The van der Waals surface area contributed by atoms with E-state index in [0.29, 0.717) is 24.6 Å². The first-order chi connectivity index (χ1) is 12.1. The number of carbonyl (C=O) groups is 1. The van der Waals surface area contributed by atoms with E-state index >= 15 is 0 Å². The molecule has 0 radical (unpaired) electrons. The fourth-order valence-electron chi connectivity index (χ4n) is 2.51. The molecular formula is C20H21N3O2. The molecule has 128 valence electrons. The van der Waals surface area contributed by atoms with Gasteiger partial charge in [-0.1, -0.05) is 65.3 Å². The number of hydrogen-bond donors (Lipinski definition) is 1. The highest BCUT2D eigenvalue weighted by atomic mass is 16.5. The number of amides is 1. The smallest absolute Gasteiger partial charge is 0.249 e. The van der Waals surface area contributed by atoms with E-state index in [0.717, 1.165) is 11.1 Å². The third kappa shape index (κ3) is 4.53. The van der Waals surface area contributed by atoms with Crippen LogP contribution in [0.5, 0.6) is 0 Å². The Bertz CT molecular complexity index is 826. The SMILES string of the molecule is Cc1ccc(-c2noc([C@@H](C)NC(=O)CCc3ccccc3)n2)cc1. The molecule has 5 nitrogen and oxygen atoms in total. The Hall–Kier alpha value is -2.95. The zero-order chi connectivity index (χ0) is 17.6. The van der Waals surface area contributed by atoms with Crippen molar-refractivity contribution in [1.29, 1.82) is 0 Å². The number of nitrogens with zero attached hydrogens (tertiary/aromatic N) is 2. The van der Waals surface area contributed by atoms with Crippen molar-refractivity contribution in [3.8, 4) is 11.4 Å². The van der Waals surface area contributed by atoms with Crippen LogP contribution in [0.4, 0.5) is 0 Å². The van der Waals surface area contributed by atoms with Gasteiger partial charge in [0.1, 0.15) is 6.04 Å². The predicted octanol–water partition coefficient (Wildman–Crippen LogP) is 3.86. The van der Waals surface area contributed by atoms with E-state index in [4.69, 9.17) is 4.52 Å². The van der Waals surface area contributed by atoms with Gasteiger partial charge in [-0.15, -0.1) is 0 Å². The van der Waals surface area contributed by atoms with Crippen molar-refractivity contribution in [2.75, 3.05) is 0 Å². The second-order valence-electron chi connectivity index (χ2n) is 6.10. The summed E-state index contributed by atoms with van der Waals surface area (Å²) in [5.74, 6) is 0.899. The highest BCUT2D eigenvalue weighted by molar-refractivity contribution is 5.76. The highest BCUT2D eigenvalue weighted by Crippen LogP contribution is 2.19. The molecule has 1 heterocycles. The Kier molecular flexibility index (Phi) is 5.23. The summed E-state index contributed by atoms with van der Waals surface area (Å²) in [6.07, 6.45) is 1.13. The second-order valence-corrected chi connectivity index (χ2v) is 6.10. The number of aromatic nitrogens is 2. The van der Waals surface area contributed by atoms with Crippen LogP contribution in [0.3, 0.4) is 0 Å². The van der Waals surface area contributed by atoms with Crippen molar-refractivity contribution < 1.29 is 9.32 Å². The minimum Gasteiger partial charge on any atom is -0.345 e. The lowest BCUT2D eigenvalue weighted by Crippen LogP contribution is -2.27. The van der Waals surface area contributed by atoms with Crippen LogP contribution in [0.25, 0.3) is 11.4 Å². The Morgan fingerprint density at radius 3 is 2.56 bits per heavy atom. The lowest BCUT2D eigenvalue weighted by atomic mass is 10.1. The third-order valence-electron chi connectivity index (χ3n) is 3.98. The Morgan fingerprint density at radius 1 is 1.12 bits per heavy atom. The minimum absolute atomic E-state index is 0.0357. The molecule has 25 heavy (non-hydrogen) atoms. The first-order valence-corrected chi connectivity index (χ1v) is 8.36. The van der Waals surface area contributed by atoms with Crippen LogP contribution in [-0.4, -0.2) is 16.0 Å². The van der Waals surface area contributed by atoms with E-state index in [1.165, 1.54) is 5.56 Å². The highest BCUT2D eigenvalue weighted by Gasteiger charge is 2.17. The summed E-state index contributed by atoms with van der Waals surface area (Å²) in [5.41, 5.74) is 3.21. The molecule has 0 unspecified atom stereocenters. The lowest BCUT2D eigenvalue weighted by Gasteiger charge is -2.09. The quantitative estimate of drug-likeness (QED) is 0.743. The first-order valence-electron chi connectivity index (χ1n) is 8.36. The molecule has 0 saturated heterocycles. The molecule has 0 saturated carbocycles. The van der Waals surface area contributed by atoms with Crippen molar-refractivity contribution in [2.45, 2.75) is 32.7 Å². The molecule has 1 atom stereocenters. The molecule has 0 aliphatic carbocycles. The van der Waals surface area contributed by atoms with Gasteiger partial charge < -0.3 is 9.84 Å². The Morgan fingerprint density at radius 2 is 1.84 bits per heavy atom. The van der Waals surface area contributed by atoms with Gasteiger partial charge in [-0.05, 0) is 25.8 Å². The zero-order valence-electron chi connectivity index (χ0n) is 14.4. The molecular weight excluding hydrogens is 314 g/mol. The maximum Gasteiger partial charge on any atom is 0.249 e. The van der Waals surface area contributed by atoms with E-state index in [-0.39, 0.29) is 11.9 Å². The normalized spacial score (nSPS) is 11.9.